The molecule has 1 atom stereocenters. The van der Waals surface area contributed by atoms with E-state index in [0.717, 1.165) is 0 Å². The van der Waals surface area contributed by atoms with E-state index in [1.165, 1.54) is 0 Å². The molecule has 0 aliphatic carbocycles. The van der Waals surface area contributed by atoms with Crippen molar-refractivity contribution in [2.75, 3.05) is 27.9 Å². The Hall–Kier alpha value is 0.570. The minimum absolute atomic E-state index is 1.58. The first kappa shape index (κ1) is 8.57. The Balaban J connectivity index is 3.93. The van der Waals surface area contributed by atoms with Gasteiger partial charge in [-0.2, -0.15) is 0 Å². The molecule has 0 N–H and O–H groups in total. The van der Waals surface area contributed by atoms with Gasteiger partial charge in [0, 0.05) is 13.8 Å². The smallest absolute Gasteiger partial charge is 0.128 e. The van der Waals surface area contributed by atoms with Crippen molar-refractivity contribution in [1.29, 1.82) is 0 Å². The van der Waals surface area contributed by atoms with E-state index in [0.29, 0.717) is 0 Å². The summed E-state index contributed by atoms with van der Waals surface area (Å²) in [5.74, 6) is 0. The second kappa shape index (κ2) is 2.92. The zero-order valence-electron chi connectivity index (χ0n) is 5.71. The second-order valence-corrected chi connectivity index (χ2v) is 6.64. The molecule has 0 radical (unpaired) electrons. The minimum atomic E-state index is -1.58. The molecule has 0 aliphatic heterocycles. The van der Waals surface area contributed by atoms with Gasteiger partial charge in [0.05, 0.1) is 0 Å². The lowest BCUT2D eigenvalue weighted by Gasteiger charge is -2.21. The molecule has 0 aromatic rings. The van der Waals surface area contributed by atoms with Gasteiger partial charge in [-0.3, -0.25) is 4.67 Å². The van der Waals surface area contributed by atoms with Gasteiger partial charge in [-0.25, -0.2) is 0 Å². The summed E-state index contributed by atoms with van der Waals surface area (Å²) in [5.41, 5.74) is 0. The first-order valence-corrected chi connectivity index (χ1v) is 5.44. The van der Waals surface area contributed by atoms with Crippen LogP contribution in [-0.4, -0.2) is 32.5 Å². The highest BCUT2D eigenvalue weighted by molar-refractivity contribution is 8.10. The van der Waals surface area contributed by atoms with E-state index in [2.05, 4.69) is 0 Å². The first-order valence-electron chi connectivity index (χ1n) is 2.32. The fraction of sp³-hybridized carbons (Fsp3) is 1.00. The highest BCUT2D eigenvalue weighted by Gasteiger charge is 2.09. The molecule has 0 rings (SSSR count). The van der Waals surface area contributed by atoms with Gasteiger partial charge in [0.15, 0.2) is 0 Å². The second-order valence-electron chi connectivity index (χ2n) is 1.83. The average molecular weight is 153 g/mol. The zero-order chi connectivity index (χ0) is 6.78. The van der Waals surface area contributed by atoms with Gasteiger partial charge >= 0.3 is 0 Å². The van der Waals surface area contributed by atoms with Crippen LogP contribution >= 0.6 is 6.42 Å². The van der Waals surface area contributed by atoms with Crippen molar-refractivity contribution in [2.24, 2.45) is 0 Å². The van der Waals surface area contributed by atoms with Crippen molar-refractivity contribution in [3.8, 4) is 0 Å². The molecule has 50 valence electrons. The topological polar surface area (TPSA) is 12.5 Å². The SMILES string of the molecule is COP(C)(=S)N(C)C. The Morgan fingerprint density at radius 2 is 1.88 bits per heavy atom. The van der Waals surface area contributed by atoms with Crippen molar-refractivity contribution < 1.29 is 4.52 Å². The lowest BCUT2D eigenvalue weighted by Crippen LogP contribution is -2.07. The van der Waals surface area contributed by atoms with Gasteiger partial charge in [-0.15, -0.1) is 0 Å². The maximum atomic E-state index is 5.08. The first-order chi connectivity index (χ1) is 3.50. The largest absolute Gasteiger partial charge is 0.341 e. The molecule has 8 heavy (non-hydrogen) atoms. The van der Waals surface area contributed by atoms with E-state index in [4.69, 9.17) is 16.3 Å². The lowest BCUT2D eigenvalue weighted by atomic mass is 11.3. The van der Waals surface area contributed by atoms with E-state index in [9.17, 15) is 0 Å². The summed E-state index contributed by atoms with van der Waals surface area (Å²) in [6.45, 7) is 1.95. The summed E-state index contributed by atoms with van der Waals surface area (Å²) >= 11 is 5.08. The third-order valence-corrected chi connectivity index (χ3v) is 4.62. The van der Waals surface area contributed by atoms with E-state index in [1.54, 1.807) is 7.11 Å². The van der Waals surface area contributed by atoms with E-state index < -0.39 is 6.42 Å². The Bertz CT molecular complexity index is 115. The summed E-state index contributed by atoms with van der Waals surface area (Å²) in [6, 6.07) is 0. The van der Waals surface area contributed by atoms with Crippen LogP contribution < -0.4 is 0 Å². The summed E-state index contributed by atoms with van der Waals surface area (Å²) in [5, 5.41) is 0. The molecule has 1 unspecified atom stereocenters. The van der Waals surface area contributed by atoms with Crippen LogP contribution in [0.15, 0.2) is 0 Å². The molecule has 0 bridgehead atoms. The normalized spacial score (nSPS) is 18.6. The molecule has 2 nitrogen and oxygen atoms in total. The van der Waals surface area contributed by atoms with Crippen molar-refractivity contribution in [2.45, 2.75) is 0 Å². The third kappa shape index (κ3) is 2.23. The van der Waals surface area contributed by atoms with Crippen molar-refractivity contribution in [1.82, 2.24) is 4.67 Å². The van der Waals surface area contributed by atoms with Gasteiger partial charge in [0.1, 0.15) is 6.42 Å². The number of hydrogen-bond acceptors (Lipinski definition) is 2. The van der Waals surface area contributed by atoms with Gasteiger partial charge in [0.25, 0.3) is 0 Å². The fourth-order valence-electron chi connectivity index (χ4n) is 0.163. The lowest BCUT2D eigenvalue weighted by molar-refractivity contribution is 0.420. The Labute approximate surface area is 56.0 Å². The van der Waals surface area contributed by atoms with Crippen molar-refractivity contribution in [3.05, 3.63) is 0 Å². The molecule has 0 saturated carbocycles. The molecular formula is C4H12NOPS. The minimum Gasteiger partial charge on any atom is -0.341 e. The van der Waals surface area contributed by atoms with Crippen LogP contribution in [0.25, 0.3) is 0 Å². The maximum Gasteiger partial charge on any atom is 0.128 e. The van der Waals surface area contributed by atoms with Crippen LogP contribution in [0.2, 0.25) is 0 Å². The summed E-state index contributed by atoms with van der Waals surface area (Å²) < 4.78 is 7.00. The van der Waals surface area contributed by atoms with Crippen LogP contribution in [-0.2, 0) is 16.3 Å². The van der Waals surface area contributed by atoms with Crippen LogP contribution in [0.4, 0.5) is 0 Å². The number of rotatable bonds is 2. The molecule has 0 saturated heterocycles. The molecule has 0 amide bonds. The Morgan fingerprint density at radius 3 is 1.88 bits per heavy atom. The van der Waals surface area contributed by atoms with Gasteiger partial charge in [-0.1, -0.05) is 11.8 Å². The molecule has 4 heteroatoms. The van der Waals surface area contributed by atoms with Gasteiger partial charge in [-0.05, 0) is 14.1 Å². The predicted octanol–water partition coefficient (Wildman–Crippen LogP) is 1.13. The van der Waals surface area contributed by atoms with Crippen molar-refractivity contribution >= 4 is 18.2 Å². The Kier molecular flexibility index (Phi) is 3.13. The zero-order valence-corrected chi connectivity index (χ0v) is 7.42. The number of hydrogen-bond donors (Lipinski definition) is 0. The summed E-state index contributed by atoms with van der Waals surface area (Å²) in [6.07, 6.45) is -1.58. The van der Waals surface area contributed by atoms with Crippen LogP contribution in [0.5, 0.6) is 0 Å². The van der Waals surface area contributed by atoms with Crippen molar-refractivity contribution in [3.63, 3.8) is 0 Å². The molecule has 0 aromatic heterocycles. The van der Waals surface area contributed by atoms with Crippen LogP contribution in [0, 0.1) is 0 Å². The highest BCUT2D eigenvalue weighted by Crippen LogP contribution is 2.43. The highest BCUT2D eigenvalue weighted by atomic mass is 32.4. The van der Waals surface area contributed by atoms with E-state index in [-0.39, 0.29) is 0 Å². The molecule has 0 heterocycles. The van der Waals surface area contributed by atoms with Crippen LogP contribution in [0.3, 0.4) is 0 Å². The van der Waals surface area contributed by atoms with E-state index in [1.807, 2.05) is 25.4 Å². The number of nitrogens with zero attached hydrogens (tertiary/aromatic N) is 1. The van der Waals surface area contributed by atoms with Gasteiger partial charge in [0.2, 0.25) is 0 Å². The summed E-state index contributed by atoms with van der Waals surface area (Å²) in [4.78, 5) is 0. The fourth-order valence-corrected chi connectivity index (χ4v) is 0.490. The predicted molar refractivity (Wildman–Crippen MR) is 40.9 cm³/mol. The van der Waals surface area contributed by atoms with E-state index >= 15 is 0 Å². The monoisotopic (exact) mass is 153 g/mol. The molecule has 0 aromatic carbocycles. The molecular weight excluding hydrogens is 141 g/mol. The molecule has 0 aliphatic rings. The summed E-state index contributed by atoms with van der Waals surface area (Å²) in [7, 11) is 5.52. The Morgan fingerprint density at radius 1 is 1.50 bits per heavy atom. The van der Waals surface area contributed by atoms with Crippen LogP contribution in [0.1, 0.15) is 0 Å². The standard InChI is InChI=1S/C4H12NOPS/c1-5(2)7(4,8)6-3/h1-4H3. The average Bonchev–Trinajstić information content (AvgIpc) is 1.67. The molecule has 0 fully saturated rings. The van der Waals surface area contributed by atoms with Gasteiger partial charge < -0.3 is 4.52 Å². The third-order valence-electron chi connectivity index (χ3n) is 1.07. The maximum absolute atomic E-state index is 5.08. The molecule has 0 spiro atoms. The quantitative estimate of drug-likeness (QED) is 0.552.